The Hall–Kier alpha value is -1.43. The van der Waals surface area contributed by atoms with E-state index in [-0.39, 0.29) is 30.6 Å². The Labute approximate surface area is 105 Å². The molecule has 1 aromatic rings. The molecular weight excluding hydrogens is 234 g/mol. The van der Waals surface area contributed by atoms with Crippen LogP contribution in [-0.4, -0.2) is 41.5 Å². The van der Waals surface area contributed by atoms with Gasteiger partial charge in [0.05, 0.1) is 25.7 Å². The van der Waals surface area contributed by atoms with Crippen LogP contribution in [0.3, 0.4) is 0 Å². The van der Waals surface area contributed by atoms with Crippen molar-refractivity contribution in [2.45, 2.75) is 18.7 Å². The number of cyclic esters (lactones) is 1. The minimum atomic E-state index is -0.387. The first-order chi connectivity index (χ1) is 8.79. The van der Waals surface area contributed by atoms with Gasteiger partial charge in [0.25, 0.3) is 0 Å². The number of aliphatic hydroxyl groups is 1. The fourth-order valence-electron chi connectivity index (χ4n) is 2.56. The van der Waals surface area contributed by atoms with Gasteiger partial charge in [-0.05, 0) is 5.56 Å². The average molecular weight is 249 g/mol. The summed E-state index contributed by atoms with van der Waals surface area (Å²) in [4.78, 5) is 17.3. The van der Waals surface area contributed by atoms with Crippen molar-refractivity contribution in [3.63, 3.8) is 0 Å². The zero-order valence-corrected chi connectivity index (χ0v) is 9.86. The van der Waals surface area contributed by atoms with Crippen molar-refractivity contribution in [2.24, 2.45) is 5.92 Å². The highest BCUT2D eigenvalue weighted by Gasteiger charge is 2.52. The van der Waals surface area contributed by atoms with Gasteiger partial charge in [0.2, 0.25) is 0 Å². The number of fused-ring (bicyclic) bond motifs is 1. The maximum atomic E-state index is 11.7. The highest BCUT2D eigenvalue weighted by atomic mass is 16.7. The minimum Gasteiger partial charge on any atom is -0.464 e. The number of rotatable bonds is 3. The summed E-state index contributed by atoms with van der Waals surface area (Å²) < 4.78 is 5.05. The predicted molar refractivity (Wildman–Crippen MR) is 62.2 cm³/mol. The van der Waals surface area contributed by atoms with Crippen LogP contribution >= 0.6 is 0 Å². The molecule has 0 radical (unpaired) electrons. The van der Waals surface area contributed by atoms with Crippen molar-refractivity contribution in [2.75, 3.05) is 13.2 Å². The molecule has 2 fully saturated rings. The van der Waals surface area contributed by atoms with E-state index in [0.717, 1.165) is 5.56 Å². The van der Waals surface area contributed by atoms with E-state index in [2.05, 4.69) is 0 Å². The van der Waals surface area contributed by atoms with Crippen LogP contribution in [0.25, 0.3) is 0 Å². The van der Waals surface area contributed by atoms with Gasteiger partial charge in [0.1, 0.15) is 12.1 Å². The summed E-state index contributed by atoms with van der Waals surface area (Å²) in [7, 11) is 0. The van der Waals surface area contributed by atoms with Gasteiger partial charge in [-0.25, -0.2) is 0 Å². The second-order valence-electron chi connectivity index (χ2n) is 4.63. The smallest absolute Gasteiger partial charge is 0.326 e. The molecule has 5 heteroatoms. The Morgan fingerprint density at radius 2 is 2.11 bits per heavy atom. The summed E-state index contributed by atoms with van der Waals surface area (Å²) in [5, 5.41) is 10.9. The number of nitrogens with zero attached hydrogens (tertiary/aromatic N) is 1. The summed E-state index contributed by atoms with van der Waals surface area (Å²) >= 11 is 0. The van der Waals surface area contributed by atoms with Crippen molar-refractivity contribution < 1.29 is 19.5 Å². The summed E-state index contributed by atoms with van der Waals surface area (Å²) in [5.74, 6) is -0.321. The maximum Gasteiger partial charge on any atom is 0.326 e. The van der Waals surface area contributed by atoms with Crippen molar-refractivity contribution in [1.82, 2.24) is 5.06 Å². The summed E-state index contributed by atoms with van der Waals surface area (Å²) in [5.41, 5.74) is 1.06. The van der Waals surface area contributed by atoms with Crippen molar-refractivity contribution in [1.29, 1.82) is 0 Å². The number of benzene rings is 1. The minimum absolute atomic E-state index is 0.0637. The molecule has 2 heterocycles. The second kappa shape index (κ2) is 4.68. The van der Waals surface area contributed by atoms with Crippen LogP contribution in [0.1, 0.15) is 5.56 Å². The Kier molecular flexibility index (Phi) is 3.03. The first-order valence-corrected chi connectivity index (χ1v) is 6.04. The molecule has 0 amide bonds. The van der Waals surface area contributed by atoms with Crippen molar-refractivity contribution >= 4 is 5.97 Å². The molecule has 0 spiro atoms. The lowest BCUT2D eigenvalue weighted by Gasteiger charge is -2.19. The van der Waals surface area contributed by atoms with Crippen LogP contribution in [0.15, 0.2) is 30.3 Å². The lowest BCUT2D eigenvalue weighted by Crippen LogP contribution is -2.34. The van der Waals surface area contributed by atoms with E-state index in [0.29, 0.717) is 13.2 Å². The summed E-state index contributed by atoms with van der Waals surface area (Å²) in [6, 6.07) is 9.40. The van der Waals surface area contributed by atoms with Gasteiger partial charge < -0.3 is 9.84 Å². The standard InChI is InChI=1S/C13H15NO4/c15-7-11-10-8-17-13(16)12(10)14(18-11)6-9-4-2-1-3-5-9/h1-5,10-12,15H,6-8H2/t10-,11?,12+/m1/s1. The molecule has 0 saturated carbocycles. The molecule has 2 aliphatic heterocycles. The molecule has 3 rings (SSSR count). The molecule has 2 saturated heterocycles. The van der Waals surface area contributed by atoms with E-state index in [4.69, 9.17) is 9.57 Å². The molecule has 1 N–H and O–H groups in total. The van der Waals surface area contributed by atoms with E-state index < -0.39 is 0 Å². The van der Waals surface area contributed by atoms with Crippen LogP contribution in [-0.2, 0) is 20.9 Å². The maximum absolute atomic E-state index is 11.7. The molecule has 5 nitrogen and oxygen atoms in total. The van der Waals surface area contributed by atoms with E-state index >= 15 is 0 Å². The zero-order chi connectivity index (χ0) is 12.5. The average Bonchev–Trinajstić information content (AvgIpc) is 2.93. The number of carbonyl (C=O) groups excluding carboxylic acids is 1. The Balaban J connectivity index is 1.78. The quantitative estimate of drug-likeness (QED) is 0.783. The Bertz CT molecular complexity index is 436. The number of ether oxygens (including phenoxy) is 1. The van der Waals surface area contributed by atoms with Gasteiger partial charge in [-0.3, -0.25) is 9.63 Å². The number of carbonyl (C=O) groups is 1. The zero-order valence-electron chi connectivity index (χ0n) is 9.86. The van der Waals surface area contributed by atoms with Crippen LogP contribution < -0.4 is 0 Å². The molecule has 0 aromatic heterocycles. The van der Waals surface area contributed by atoms with Crippen LogP contribution in [0.2, 0.25) is 0 Å². The van der Waals surface area contributed by atoms with Gasteiger partial charge in [0, 0.05) is 0 Å². The lowest BCUT2D eigenvalue weighted by atomic mass is 9.98. The fraction of sp³-hybridized carbons (Fsp3) is 0.462. The second-order valence-corrected chi connectivity index (χ2v) is 4.63. The van der Waals surface area contributed by atoms with Crippen LogP contribution in [0.4, 0.5) is 0 Å². The third-order valence-electron chi connectivity index (χ3n) is 3.48. The largest absolute Gasteiger partial charge is 0.464 e. The van der Waals surface area contributed by atoms with Gasteiger partial charge in [-0.15, -0.1) is 0 Å². The molecular formula is C13H15NO4. The number of hydrogen-bond acceptors (Lipinski definition) is 5. The van der Waals surface area contributed by atoms with Gasteiger partial charge in [0.15, 0.2) is 0 Å². The van der Waals surface area contributed by atoms with Crippen molar-refractivity contribution in [3.8, 4) is 0 Å². The molecule has 3 atom stereocenters. The third kappa shape index (κ3) is 1.90. The highest BCUT2D eigenvalue weighted by Crippen LogP contribution is 2.34. The third-order valence-corrected chi connectivity index (χ3v) is 3.48. The predicted octanol–water partition coefficient (Wildman–Crippen LogP) is 0.336. The molecule has 0 aliphatic carbocycles. The van der Waals surface area contributed by atoms with E-state index in [1.807, 2.05) is 30.3 Å². The molecule has 1 unspecified atom stereocenters. The molecule has 1 aromatic carbocycles. The Morgan fingerprint density at radius 3 is 2.83 bits per heavy atom. The van der Waals surface area contributed by atoms with E-state index in [9.17, 15) is 9.90 Å². The molecule has 2 aliphatic rings. The summed E-state index contributed by atoms with van der Waals surface area (Å²) in [6.07, 6.45) is -0.342. The SMILES string of the molecule is O=C1OC[C@@H]2C(CO)ON(Cc3ccccc3)[C@H]12. The van der Waals surface area contributed by atoms with E-state index in [1.54, 1.807) is 5.06 Å². The normalized spacial score (nSPS) is 31.4. The monoisotopic (exact) mass is 249 g/mol. The molecule has 96 valence electrons. The molecule has 18 heavy (non-hydrogen) atoms. The van der Waals surface area contributed by atoms with Crippen molar-refractivity contribution in [3.05, 3.63) is 35.9 Å². The fourth-order valence-corrected chi connectivity index (χ4v) is 2.56. The molecule has 0 bridgehead atoms. The van der Waals surface area contributed by atoms with Crippen LogP contribution in [0.5, 0.6) is 0 Å². The number of esters is 1. The number of hydroxylamine groups is 2. The highest BCUT2D eigenvalue weighted by molar-refractivity contribution is 5.78. The van der Waals surface area contributed by atoms with E-state index in [1.165, 1.54) is 0 Å². The van der Waals surface area contributed by atoms with Gasteiger partial charge >= 0.3 is 5.97 Å². The van der Waals surface area contributed by atoms with Gasteiger partial charge in [-0.2, -0.15) is 5.06 Å². The first-order valence-electron chi connectivity index (χ1n) is 6.04. The lowest BCUT2D eigenvalue weighted by molar-refractivity contribution is -0.192. The topological polar surface area (TPSA) is 59.0 Å². The van der Waals surface area contributed by atoms with Gasteiger partial charge in [-0.1, -0.05) is 30.3 Å². The number of aliphatic hydroxyl groups excluding tert-OH is 1. The van der Waals surface area contributed by atoms with Crippen LogP contribution in [0, 0.1) is 5.92 Å². The number of hydrogen-bond donors (Lipinski definition) is 1. The Morgan fingerprint density at radius 1 is 1.33 bits per heavy atom. The first kappa shape index (κ1) is 11.6. The summed E-state index contributed by atoms with van der Waals surface area (Å²) in [6.45, 7) is 0.761.